The van der Waals surface area contributed by atoms with Gasteiger partial charge in [0.25, 0.3) is 0 Å². The van der Waals surface area contributed by atoms with Crippen molar-refractivity contribution in [1.29, 1.82) is 0 Å². The zero-order valence-electron chi connectivity index (χ0n) is 62.3. The lowest BCUT2D eigenvalue weighted by Gasteiger charge is -2.46. The highest BCUT2D eigenvalue weighted by molar-refractivity contribution is 5.76. The van der Waals surface area contributed by atoms with Gasteiger partial charge in [0, 0.05) is 6.42 Å². The van der Waals surface area contributed by atoms with E-state index in [-0.39, 0.29) is 18.9 Å². The Morgan fingerprint density at radius 1 is 0.371 bits per heavy atom. The molecule has 0 spiro atoms. The third-order valence-corrected chi connectivity index (χ3v) is 19.9. The Labute approximate surface area is 594 Å². The summed E-state index contributed by atoms with van der Waals surface area (Å²) in [4.78, 5) is 13.4. The average Bonchev–Trinajstić information content (AvgIpc) is 0.794. The van der Waals surface area contributed by atoms with Gasteiger partial charge in [-0.15, -0.1) is 0 Å². The summed E-state index contributed by atoms with van der Waals surface area (Å²) in [5, 5.41) is 87.7. The van der Waals surface area contributed by atoms with Gasteiger partial charge in [-0.2, -0.15) is 0 Å². The van der Waals surface area contributed by atoms with Gasteiger partial charge < -0.3 is 65.1 Å². The van der Waals surface area contributed by atoms with Gasteiger partial charge in [0.1, 0.15) is 48.8 Å². The van der Waals surface area contributed by atoms with E-state index in [2.05, 4.69) is 67.8 Å². The van der Waals surface area contributed by atoms with Crippen molar-refractivity contribution in [2.45, 2.75) is 441 Å². The van der Waals surface area contributed by atoms with Gasteiger partial charge in [-0.3, -0.25) is 4.79 Å². The number of carbonyl (C=O) groups is 1. The molecule has 0 aromatic heterocycles. The van der Waals surface area contributed by atoms with Crippen molar-refractivity contribution >= 4 is 5.91 Å². The van der Waals surface area contributed by atoms with E-state index in [1.54, 1.807) is 6.08 Å². The van der Waals surface area contributed by atoms with Gasteiger partial charge in [0.05, 0.1) is 32.0 Å². The molecule has 0 aromatic rings. The van der Waals surface area contributed by atoms with Crippen LogP contribution in [0.5, 0.6) is 0 Å². The predicted molar refractivity (Wildman–Crippen MR) is 401 cm³/mol. The van der Waals surface area contributed by atoms with E-state index in [9.17, 15) is 45.6 Å². The minimum absolute atomic E-state index is 0.244. The molecule has 2 aliphatic heterocycles. The molecule has 2 fully saturated rings. The number of unbranched alkanes of at least 4 members (excludes halogenated alkanes) is 48. The van der Waals surface area contributed by atoms with Crippen LogP contribution >= 0.6 is 0 Å². The predicted octanol–water partition coefficient (Wildman–Crippen LogP) is 18.7. The Morgan fingerprint density at radius 2 is 0.691 bits per heavy atom. The highest BCUT2D eigenvalue weighted by atomic mass is 16.7. The molecule has 9 N–H and O–H groups in total. The van der Waals surface area contributed by atoms with Crippen LogP contribution in [0.1, 0.15) is 367 Å². The summed E-state index contributed by atoms with van der Waals surface area (Å²) in [6.07, 6.45) is 74.5. The molecule has 2 saturated heterocycles. The summed E-state index contributed by atoms with van der Waals surface area (Å²) in [5.41, 5.74) is 0. The van der Waals surface area contributed by atoms with Crippen LogP contribution in [0.3, 0.4) is 0 Å². The number of hydrogen-bond acceptors (Lipinski definition) is 13. The number of hydrogen-bond donors (Lipinski definition) is 9. The second kappa shape index (κ2) is 66.9. The molecule has 1 amide bonds. The lowest BCUT2D eigenvalue weighted by molar-refractivity contribution is -0.359. The third-order valence-electron chi connectivity index (χ3n) is 19.9. The van der Waals surface area contributed by atoms with Gasteiger partial charge in [-0.25, -0.2) is 0 Å². The fraction of sp³-hybridized carbons (Fsp3) is 0.867. The molecule has 568 valence electrons. The maximum atomic E-state index is 13.4. The van der Waals surface area contributed by atoms with Crippen LogP contribution in [-0.2, 0) is 23.7 Å². The van der Waals surface area contributed by atoms with Gasteiger partial charge in [-0.1, -0.05) is 351 Å². The Hall–Kier alpha value is -2.31. The molecule has 0 radical (unpaired) electrons. The quantitative estimate of drug-likeness (QED) is 0.0204. The molecule has 2 rings (SSSR count). The first-order valence-corrected chi connectivity index (χ1v) is 41.0. The van der Waals surface area contributed by atoms with Crippen LogP contribution in [0.2, 0.25) is 0 Å². The smallest absolute Gasteiger partial charge is 0.220 e. The topological polar surface area (TPSA) is 228 Å². The molecule has 2 heterocycles. The normalized spacial score (nSPS) is 22.4. The monoisotopic (exact) mass is 1370 g/mol. The first kappa shape index (κ1) is 90.8. The second-order valence-corrected chi connectivity index (χ2v) is 28.9. The first-order valence-electron chi connectivity index (χ1n) is 41.0. The molecule has 2 aliphatic rings. The zero-order valence-corrected chi connectivity index (χ0v) is 62.3. The van der Waals surface area contributed by atoms with Crippen molar-refractivity contribution in [3.8, 4) is 0 Å². The number of aliphatic hydroxyl groups is 8. The van der Waals surface area contributed by atoms with Crippen molar-refractivity contribution in [2.24, 2.45) is 0 Å². The molecule has 0 aromatic carbocycles. The molecule has 0 saturated carbocycles. The molecule has 0 aliphatic carbocycles. The van der Waals surface area contributed by atoms with Crippen molar-refractivity contribution < 1.29 is 64.6 Å². The third kappa shape index (κ3) is 49.9. The summed E-state index contributed by atoms with van der Waals surface area (Å²) in [7, 11) is 0. The Bertz CT molecular complexity index is 1860. The summed E-state index contributed by atoms with van der Waals surface area (Å²) in [6.45, 7) is 2.83. The van der Waals surface area contributed by atoms with Gasteiger partial charge in [0.15, 0.2) is 12.6 Å². The van der Waals surface area contributed by atoms with E-state index < -0.39 is 86.8 Å². The second-order valence-electron chi connectivity index (χ2n) is 28.9. The Kier molecular flexibility index (Phi) is 62.6. The van der Waals surface area contributed by atoms with Crippen molar-refractivity contribution in [3.63, 3.8) is 0 Å². The first-order chi connectivity index (χ1) is 47.6. The fourth-order valence-corrected chi connectivity index (χ4v) is 13.4. The van der Waals surface area contributed by atoms with Crippen LogP contribution in [-0.4, -0.2) is 140 Å². The minimum atomic E-state index is -1.79. The average molecular weight is 1370 g/mol. The van der Waals surface area contributed by atoms with Crippen LogP contribution in [0.15, 0.2) is 60.8 Å². The molecular formula is C83H153NO13. The van der Waals surface area contributed by atoms with E-state index >= 15 is 0 Å². The van der Waals surface area contributed by atoms with Crippen LogP contribution in [0.25, 0.3) is 0 Å². The van der Waals surface area contributed by atoms with E-state index in [0.29, 0.717) is 12.8 Å². The van der Waals surface area contributed by atoms with Crippen LogP contribution < -0.4 is 5.32 Å². The van der Waals surface area contributed by atoms with E-state index in [0.717, 1.165) is 44.9 Å². The lowest BCUT2D eigenvalue weighted by atomic mass is 9.97. The number of allylic oxidation sites excluding steroid dienone is 9. The number of aliphatic hydroxyl groups excluding tert-OH is 8. The molecular weight excluding hydrogens is 1220 g/mol. The molecule has 14 nitrogen and oxygen atoms in total. The van der Waals surface area contributed by atoms with Crippen LogP contribution in [0.4, 0.5) is 0 Å². The lowest BCUT2D eigenvalue weighted by Crippen LogP contribution is -2.65. The SMILES string of the molecule is CCCCCCC/C=C\C/C=C\C/C=C\CCCCCCCCCCCCCCCCCCCCC(=O)NC(COC1OC(CO)C(OC2OC(CO)C(O)C(O)C2O)C(O)C1O)C(O)/C=C/CC/C=C/CCCCCCCCCCCCCCCCCCCCCCCCCC. The van der Waals surface area contributed by atoms with Crippen molar-refractivity contribution in [1.82, 2.24) is 5.32 Å². The number of amides is 1. The Balaban J connectivity index is 1.62. The van der Waals surface area contributed by atoms with E-state index in [4.69, 9.17) is 18.9 Å². The molecule has 14 heteroatoms. The van der Waals surface area contributed by atoms with Crippen molar-refractivity contribution in [2.75, 3.05) is 19.8 Å². The zero-order chi connectivity index (χ0) is 70.1. The maximum Gasteiger partial charge on any atom is 0.220 e. The van der Waals surface area contributed by atoms with E-state index in [1.807, 2.05) is 6.08 Å². The maximum absolute atomic E-state index is 13.4. The molecule has 97 heavy (non-hydrogen) atoms. The highest BCUT2D eigenvalue weighted by Crippen LogP contribution is 2.30. The largest absolute Gasteiger partial charge is 0.394 e. The number of carbonyl (C=O) groups excluding carboxylic acids is 1. The van der Waals surface area contributed by atoms with Crippen LogP contribution in [0, 0.1) is 0 Å². The van der Waals surface area contributed by atoms with Gasteiger partial charge in [-0.05, 0) is 70.6 Å². The van der Waals surface area contributed by atoms with Crippen molar-refractivity contribution in [3.05, 3.63) is 60.8 Å². The standard InChI is InChI=1S/C83H153NO13/c1-3-5-7-9-11-13-15-17-19-21-23-25-27-29-31-33-35-36-37-39-41-43-45-47-49-51-53-55-57-59-61-63-65-67-75(88)84-71(70-94-82-80(93)78(91)81(74(69-86)96-82)97-83-79(92)77(90)76(89)73(68-85)95-83)72(87)66-64-62-60-58-56-54-52-50-48-46-44-42-40-38-34-32-30-28-26-24-22-20-18-16-14-12-10-8-6-4-2/h15,17,21,23,27,29,56,58,64,66,71-74,76-83,85-87,89-93H,3-14,16,18-20,22,24-26,28,30-55,57,59-63,65,67-70H2,1-2H3,(H,84,88)/b17-15-,23-21-,29-27-,58-56+,66-64+. The van der Waals surface area contributed by atoms with E-state index in [1.165, 1.54) is 289 Å². The highest BCUT2D eigenvalue weighted by Gasteiger charge is 2.51. The van der Waals surface area contributed by atoms with Gasteiger partial charge >= 0.3 is 0 Å². The molecule has 12 atom stereocenters. The fourth-order valence-electron chi connectivity index (χ4n) is 13.4. The van der Waals surface area contributed by atoms with Gasteiger partial charge in [0.2, 0.25) is 5.91 Å². The number of rotatable bonds is 69. The summed E-state index contributed by atoms with van der Waals surface area (Å²) in [5.74, 6) is -0.244. The molecule has 12 unspecified atom stereocenters. The summed E-state index contributed by atoms with van der Waals surface area (Å²) >= 11 is 0. The Morgan fingerprint density at radius 3 is 1.08 bits per heavy atom. The minimum Gasteiger partial charge on any atom is -0.394 e. The summed E-state index contributed by atoms with van der Waals surface area (Å²) < 4.78 is 22.9. The summed E-state index contributed by atoms with van der Waals surface area (Å²) in [6, 6.07) is -0.935. The molecule has 0 bridgehead atoms. The number of nitrogens with one attached hydrogen (secondary N) is 1. The number of ether oxygens (including phenoxy) is 4.